The molecule has 2 aliphatic heterocycles. The lowest BCUT2D eigenvalue weighted by molar-refractivity contribution is -0.136. The molecule has 6 heteroatoms. The van der Waals surface area contributed by atoms with Gasteiger partial charge in [-0.25, -0.2) is 0 Å². The van der Waals surface area contributed by atoms with Crippen molar-refractivity contribution in [2.24, 2.45) is 0 Å². The van der Waals surface area contributed by atoms with Crippen LogP contribution in [0, 0.1) is 0 Å². The molecule has 2 heterocycles. The van der Waals surface area contributed by atoms with Crippen LogP contribution in [0.4, 0.5) is 11.4 Å². The number of nitrogens with zero attached hydrogens (tertiary/aromatic N) is 2. The lowest BCUT2D eigenvalue weighted by Crippen LogP contribution is -2.47. The largest absolute Gasteiger partial charge is 0.372 e. The first-order valence-corrected chi connectivity index (χ1v) is 11.4. The normalized spacial score (nSPS) is 17.9. The van der Waals surface area contributed by atoms with Crippen molar-refractivity contribution in [3.8, 4) is 0 Å². The van der Waals surface area contributed by atoms with Gasteiger partial charge in [0.2, 0.25) is 0 Å². The molecule has 2 N–H and O–H groups in total. The summed E-state index contributed by atoms with van der Waals surface area (Å²) in [5, 5.41) is 5.62. The van der Waals surface area contributed by atoms with Crippen LogP contribution < -0.4 is 15.5 Å². The minimum atomic E-state index is -0.600. The maximum Gasteiger partial charge on any atom is 0.313 e. The zero-order valence-corrected chi connectivity index (χ0v) is 18.1. The molecule has 2 fully saturated rings. The lowest BCUT2D eigenvalue weighted by Gasteiger charge is -2.32. The first-order valence-electron chi connectivity index (χ1n) is 11.4. The molecular weight excluding hydrogens is 388 g/mol. The molecule has 6 nitrogen and oxygen atoms in total. The second kappa shape index (κ2) is 10.4. The molecule has 2 aromatic rings. The van der Waals surface area contributed by atoms with Crippen molar-refractivity contribution >= 4 is 23.2 Å². The number of hydrogen-bond acceptors (Lipinski definition) is 4. The summed E-state index contributed by atoms with van der Waals surface area (Å²) in [6.07, 6.45) is 5.46. The number of nitrogens with one attached hydrogen (secondary N) is 2. The van der Waals surface area contributed by atoms with Crippen LogP contribution in [-0.4, -0.2) is 48.9 Å². The Morgan fingerprint density at radius 3 is 2.16 bits per heavy atom. The van der Waals surface area contributed by atoms with Gasteiger partial charge in [0.15, 0.2) is 0 Å². The highest BCUT2D eigenvalue weighted by Gasteiger charge is 2.23. The van der Waals surface area contributed by atoms with Crippen molar-refractivity contribution in [1.29, 1.82) is 0 Å². The van der Waals surface area contributed by atoms with E-state index in [4.69, 9.17) is 0 Å². The highest BCUT2D eigenvalue weighted by molar-refractivity contribution is 6.39. The standard InChI is InChI=1S/C25H32N4O2/c30-24(26-21-9-11-23(12-10-21)29-15-5-2-6-16-29)25(31)27-22-13-17-28(18-14-22)19-20-7-3-1-4-8-20/h1,3-4,7-12,22H,2,5-6,13-19H2,(H,26,30)(H,27,31). The number of hydrogen-bond donors (Lipinski definition) is 2. The number of rotatable bonds is 5. The van der Waals surface area contributed by atoms with E-state index in [9.17, 15) is 9.59 Å². The van der Waals surface area contributed by atoms with Crippen molar-refractivity contribution in [2.45, 2.75) is 44.7 Å². The van der Waals surface area contributed by atoms with Gasteiger partial charge in [-0.1, -0.05) is 30.3 Å². The van der Waals surface area contributed by atoms with Gasteiger partial charge in [-0.05, 0) is 61.9 Å². The van der Waals surface area contributed by atoms with Gasteiger partial charge in [0.25, 0.3) is 0 Å². The third kappa shape index (κ3) is 6.07. The van der Waals surface area contributed by atoms with Gasteiger partial charge in [-0.15, -0.1) is 0 Å². The minimum Gasteiger partial charge on any atom is -0.372 e. The molecule has 0 atom stereocenters. The molecule has 31 heavy (non-hydrogen) atoms. The van der Waals surface area contributed by atoms with Crippen LogP contribution in [0.3, 0.4) is 0 Å². The smallest absolute Gasteiger partial charge is 0.313 e. The first kappa shape index (κ1) is 21.4. The second-order valence-electron chi connectivity index (χ2n) is 8.56. The van der Waals surface area contributed by atoms with Crippen LogP contribution in [0.1, 0.15) is 37.7 Å². The number of benzene rings is 2. The van der Waals surface area contributed by atoms with Crippen LogP contribution in [0.25, 0.3) is 0 Å². The highest BCUT2D eigenvalue weighted by atomic mass is 16.2. The quantitative estimate of drug-likeness (QED) is 0.728. The molecule has 0 radical (unpaired) electrons. The molecule has 2 amide bonds. The Balaban J connectivity index is 1.20. The Morgan fingerprint density at radius 1 is 0.806 bits per heavy atom. The molecule has 2 aliphatic rings. The second-order valence-corrected chi connectivity index (χ2v) is 8.56. The number of carbonyl (C=O) groups is 2. The fraction of sp³-hybridized carbons (Fsp3) is 0.440. The van der Waals surface area contributed by atoms with Gasteiger partial charge in [0, 0.05) is 50.1 Å². The Kier molecular flexibility index (Phi) is 7.20. The van der Waals surface area contributed by atoms with Gasteiger partial charge in [-0.2, -0.15) is 0 Å². The molecule has 0 aromatic heterocycles. The zero-order chi connectivity index (χ0) is 21.5. The fourth-order valence-corrected chi connectivity index (χ4v) is 4.42. The van der Waals surface area contributed by atoms with E-state index in [1.54, 1.807) is 0 Å². The average Bonchev–Trinajstić information content (AvgIpc) is 2.82. The van der Waals surface area contributed by atoms with E-state index >= 15 is 0 Å². The number of carbonyl (C=O) groups excluding carboxylic acids is 2. The number of likely N-dealkylation sites (tertiary alicyclic amines) is 1. The lowest BCUT2D eigenvalue weighted by atomic mass is 10.0. The van der Waals surface area contributed by atoms with Crippen molar-refractivity contribution in [2.75, 3.05) is 36.4 Å². The Labute approximate surface area is 184 Å². The van der Waals surface area contributed by atoms with E-state index < -0.39 is 11.8 Å². The van der Waals surface area contributed by atoms with Crippen molar-refractivity contribution in [3.63, 3.8) is 0 Å². The number of anilines is 2. The van der Waals surface area contributed by atoms with Gasteiger partial charge < -0.3 is 15.5 Å². The molecule has 0 spiro atoms. The van der Waals surface area contributed by atoms with Crippen molar-refractivity contribution in [1.82, 2.24) is 10.2 Å². The van der Waals surface area contributed by atoms with E-state index in [-0.39, 0.29) is 6.04 Å². The zero-order valence-electron chi connectivity index (χ0n) is 18.1. The van der Waals surface area contributed by atoms with E-state index in [0.717, 1.165) is 45.6 Å². The number of piperidine rings is 2. The van der Waals surface area contributed by atoms with Crippen LogP contribution in [-0.2, 0) is 16.1 Å². The Morgan fingerprint density at radius 2 is 1.48 bits per heavy atom. The Hall–Kier alpha value is -2.86. The molecule has 0 bridgehead atoms. The molecule has 2 saturated heterocycles. The van der Waals surface area contributed by atoms with E-state index in [1.165, 1.54) is 30.5 Å². The Bertz CT molecular complexity index is 855. The van der Waals surface area contributed by atoms with Gasteiger partial charge in [0.1, 0.15) is 0 Å². The maximum absolute atomic E-state index is 12.4. The summed E-state index contributed by atoms with van der Waals surface area (Å²) in [4.78, 5) is 29.4. The van der Waals surface area contributed by atoms with Crippen LogP contribution in [0.5, 0.6) is 0 Å². The predicted molar refractivity (Wildman–Crippen MR) is 124 cm³/mol. The third-order valence-electron chi connectivity index (χ3n) is 6.22. The van der Waals surface area contributed by atoms with E-state index in [0.29, 0.717) is 5.69 Å². The SMILES string of the molecule is O=C(Nc1ccc(N2CCCCC2)cc1)C(=O)NC1CCN(Cc2ccccc2)CC1. The van der Waals surface area contributed by atoms with Crippen LogP contribution in [0.2, 0.25) is 0 Å². The van der Waals surface area contributed by atoms with Gasteiger partial charge in [0.05, 0.1) is 0 Å². The van der Waals surface area contributed by atoms with Crippen LogP contribution in [0.15, 0.2) is 54.6 Å². The summed E-state index contributed by atoms with van der Waals surface area (Å²) >= 11 is 0. The van der Waals surface area contributed by atoms with Crippen molar-refractivity contribution in [3.05, 3.63) is 60.2 Å². The first-order chi connectivity index (χ1) is 15.2. The number of amides is 2. The van der Waals surface area contributed by atoms with Gasteiger partial charge in [-0.3, -0.25) is 14.5 Å². The van der Waals surface area contributed by atoms with Gasteiger partial charge >= 0.3 is 11.8 Å². The molecule has 4 rings (SSSR count). The summed E-state index contributed by atoms with van der Waals surface area (Å²) in [7, 11) is 0. The third-order valence-corrected chi connectivity index (χ3v) is 6.22. The molecule has 0 aliphatic carbocycles. The maximum atomic E-state index is 12.4. The summed E-state index contributed by atoms with van der Waals surface area (Å²) in [5.74, 6) is -1.15. The topological polar surface area (TPSA) is 64.7 Å². The minimum absolute atomic E-state index is 0.0479. The summed E-state index contributed by atoms with van der Waals surface area (Å²) in [6, 6.07) is 18.2. The van der Waals surface area contributed by atoms with E-state index in [1.807, 2.05) is 30.3 Å². The fourth-order valence-electron chi connectivity index (χ4n) is 4.42. The van der Waals surface area contributed by atoms with Crippen LogP contribution >= 0.6 is 0 Å². The average molecular weight is 421 g/mol. The summed E-state index contributed by atoms with van der Waals surface area (Å²) in [6.45, 7) is 4.92. The molecule has 2 aromatic carbocycles. The molecule has 164 valence electrons. The highest BCUT2D eigenvalue weighted by Crippen LogP contribution is 2.22. The summed E-state index contributed by atoms with van der Waals surface area (Å²) < 4.78 is 0. The molecule has 0 unspecified atom stereocenters. The molecular formula is C25H32N4O2. The van der Waals surface area contributed by atoms with Crippen molar-refractivity contribution < 1.29 is 9.59 Å². The molecule has 0 saturated carbocycles. The monoisotopic (exact) mass is 420 g/mol. The van der Waals surface area contributed by atoms with E-state index in [2.05, 4.69) is 44.7 Å². The predicted octanol–water partition coefficient (Wildman–Crippen LogP) is 3.40. The summed E-state index contributed by atoms with van der Waals surface area (Å²) in [5.41, 5.74) is 3.12.